The number of benzene rings is 3. The molecule has 0 saturated carbocycles. The average molecular weight is 495 g/mol. The lowest BCUT2D eigenvalue weighted by Gasteiger charge is -2.15. The van der Waals surface area contributed by atoms with Crippen molar-refractivity contribution in [1.29, 1.82) is 0 Å². The number of carbonyl (C=O) groups is 1. The number of carboxylic acids is 1. The molecular formula is C22H18BrClFNO4. The van der Waals surface area contributed by atoms with Gasteiger partial charge in [-0.1, -0.05) is 39.7 Å². The molecule has 0 aliphatic rings. The van der Waals surface area contributed by atoms with Gasteiger partial charge in [0.25, 0.3) is 0 Å². The van der Waals surface area contributed by atoms with Crippen LogP contribution in [0.3, 0.4) is 0 Å². The number of methoxy groups -OCH3 is 1. The van der Waals surface area contributed by atoms with E-state index in [0.717, 1.165) is 15.6 Å². The number of hydrogen-bond acceptors (Lipinski definition) is 4. The zero-order valence-corrected chi connectivity index (χ0v) is 18.3. The van der Waals surface area contributed by atoms with E-state index in [4.69, 9.17) is 26.2 Å². The molecule has 3 rings (SSSR count). The summed E-state index contributed by atoms with van der Waals surface area (Å²) in [5, 5.41) is 12.7. The monoisotopic (exact) mass is 493 g/mol. The van der Waals surface area contributed by atoms with Crippen molar-refractivity contribution in [2.24, 2.45) is 0 Å². The van der Waals surface area contributed by atoms with Crippen LogP contribution in [0.2, 0.25) is 5.02 Å². The Balaban J connectivity index is 1.74. The lowest BCUT2D eigenvalue weighted by molar-refractivity contribution is 0.0697. The summed E-state index contributed by atoms with van der Waals surface area (Å²) >= 11 is 9.69. The number of aromatic carboxylic acids is 1. The Morgan fingerprint density at radius 2 is 1.87 bits per heavy atom. The molecule has 0 spiro atoms. The van der Waals surface area contributed by atoms with Gasteiger partial charge in [0.05, 0.1) is 23.4 Å². The quantitative estimate of drug-likeness (QED) is 0.394. The van der Waals surface area contributed by atoms with Gasteiger partial charge in [0, 0.05) is 11.0 Å². The maximum absolute atomic E-state index is 13.0. The number of hydrogen-bond donors (Lipinski definition) is 2. The highest BCUT2D eigenvalue weighted by Gasteiger charge is 2.12. The van der Waals surface area contributed by atoms with E-state index >= 15 is 0 Å². The molecule has 0 saturated heterocycles. The van der Waals surface area contributed by atoms with Crippen molar-refractivity contribution in [1.82, 2.24) is 0 Å². The van der Waals surface area contributed by atoms with Gasteiger partial charge in [0.1, 0.15) is 12.4 Å². The predicted molar refractivity (Wildman–Crippen MR) is 117 cm³/mol. The van der Waals surface area contributed by atoms with Crippen LogP contribution in [0.1, 0.15) is 21.5 Å². The zero-order chi connectivity index (χ0) is 21.7. The van der Waals surface area contributed by atoms with Crippen molar-refractivity contribution in [3.8, 4) is 11.5 Å². The minimum Gasteiger partial charge on any atom is -0.493 e. The van der Waals surface area contributed by atoms with Crippen LogP contribution in [0.15, 0.2) is 59.1 Å². The van der Waals surface area contributed by atoms with Crippen molar-refractivity contribution < 1.29 is 23.8 Å². The molecule has 8 heteroatoms. The van der Waals surface area contributed by atoms with Crippen molar-refractivity contribution in [2.75, 3.05) is 12.4 Å². The maximum Gasteiger partial charge on any atom is 0.335 e. The number of nitrogens with one attached hydrogen (secondary N) is 1. The SMILES string of the molecule is COc1cc(CNc2cc(C(=O)O)ccc2Cl)c(Br)cc1OCc1ccc(F)cc1. The average Bonchev–Trinajstić information content (AvgIpc) is 2.73. The molecule has 0 aliphatic carbocycles. The molecule has 156 valence electrons. The largest absolute Gasteiger partial charge is 0.493 e. The molecule has 0 unspecified atom stereocenters. The lowest BCUT2D eigenvalue weighted by atomic mass is 10.1. The first-order chi connectivity index (χ1) is 14.4. The van der Waals surface area contributed by atoms with Gasteiger partial charge in [-0.05, 0) is 53.6 Å². The molecule has 0 atom stereocenters. The summed E-state index contributed by atoms with van der Waals surface area (Å²) in [4.78, 5) is 11.2. The topological polar surface area (TPSA) is 67.8 Å². The second-order valence-electron chi connectivity index (χ2n) is 6.36. The van der Waals surface area contributed by atoms with E-state index in [0.29, 0.717) is 28.8 Å². The molecule has 3 aromatic carbocycles. The first kappa shape index (κ1) is 21.9. The minimum atomic E-state index is -1.03. The summed E-state index contributed by atoms with van der Waals surface area (Å²) in [6.45, 7) is 0.635. The van der Waals surface area contributed by atoms with Crippen LogP contribution in [0.25, 0.3) is 0 Å². The van der Waals surface area contributed by atoms with Crippen LogP contribution in [-0.2, 0) is 13.2 Å². The van der Waals surface area contributed by atoms with E-state index in [-0.39, 0.29) is 18.0 Å². The van der Waals surface area contributed by atoms with Crippen LogP contribution < -0.4 is 14.8 Å². The number of anilines is 1. The number of halogens is 3. The van der Waals surface area contributed by atoms with E-state index in [1.54, 1.807) is 25.3 Å². The highest BCUT2D eigenvalue weighted by Crippen LogP contribution is 2.35. The van der Waals surface area contributed by atoms with Crippen molar-refractivity contribution >= 4 is 39.2 Å². The smallest absolute Gasteiger partial charge is 0.335 e. The Morgan fingerprint density at radius 1 is 1.13 bits per heavy atom. The summed E-state index contributed by atoms with van der Waals surface area (Å²) in [7, 11) is 1.54. The van der Waals surface area contributed by atoms with Gasteiger partial charge in [0.15, 0.2) is 11.5 Å². The molecule has 0 heterocycles. The maximum atomic E-state index is 13.0. The molecule has 0 bridgehead atoms. The molecule has 0 fully saturated rings. The van der Waals surface area contributed by atoms with Crippen LogP contribution in [0.5, 0.6) is 11.5 Å². The Bertz CT molecular complexity index is 1060. The van der Waals surface area contributed by atoms with Crippen LogP contribution in [0.4, 0.5) is 10.1 Å². The molecule has 3 aromatic rings. The van der Waals surface area contributed by atoms with E-state index < -0.39 is 5.97 Å². The second-order valence-corrected chi connectivity index (χ2v) is 7.62. The Kier molecular flexibility index (Phi) is 7.18. The Morgan fingerprint density at radius 3 is 2.53 bits per heavy atom. The van der Waals surface area contributed by atoms with Gasteiger partial charge in [0.2, 0.25) is 0 Å². The number of rotatable bonds is 8. The van der Waals surface area contributed by atoms with E-state index in [9.17, 15) is 9.18 Å². The van der Waals surface area contributed by atoms with E-state index in [1.807, 2.05) is 6.07 Å². The molecule has 0 radical (unpaired) electrons. The molecule has 0 amide bonds. The highest BCUT2D eigenvalue weighted by molar-refractivity contribution is 9.10. The summed E-state index contributed by atoms with van der Waals surface area (Å²) in [5.74, 6) is -0.268. The fourth-order valence-corrected chi connectivity index (χ4v) is 3.36. The fraction of sp³-hybridized carbons (Fsp3) is 0.136. The van der Waals surface area contributed by atoms with Crippen LogP contribution in [0, 0.1) is 5.82 Å². The van der Waals surface area contributed by atoms with Crippen molar-refractivity contribution in [2.45, 2.75) is 13.2 Å². The molecule has 0 aliphatic heterocycles. The van der Waals surface area contributed by atoms with Gasteiger partial charge in [-0.2, -0.15) is 0 Å². The third-order valence-electron chi connectivity index (χ3n) is 4.32. The normalized spacial score (nSPS) is 10.5. The highest BCUT2D eigenvalue weighted by atomic mass is 79.9. The number of ether oxygens (including phenoxy) is 2. The first-order valence-electron chi connectivity index (χ1n) is 8.87. The summed E-state index contributed by atoms with van der Waals surface area (Å²) in [6.07, 6.45) is 0. The Labute approximate surface area is 186 Å². The molecule has 0 aromatic heterocycles. The summed E-state index contributed by atoms with van der Waals surface area (Å²) < 4.78 is 25.1. The van der Waals surface area contributed by atoms with Crippen molar-refractivity contribution in [3.05, 3.63) is 86.6 Å². The molecular weight excluding hydrogens is 477 g/mol. The first-order valence-corrected chi connectivity index (χ1v) is 10.0. The third-order valence-corrected chi connectivity index (χ3v) is 5.39. The van der Waals surface area contributed by atoms with E-state index in [2.05, 4.69) is 21.2 Å². The third kappa shape index (κ3) is 5.43. The fourth-order valence-electron chi connectivity index (χ4n) is 2.71. The summed E-state index contributed by atoms with van der Waals surface area (Å²) in [6, 6.07) is 14.1. The summed E-state index contributed by atoms with van der Waals surface area (Å²) in [5.41, 5.74) is 2.34. The number of carboxylic acid groups (broad SMARTS) is 1. The molecule has 30 heavy (non-hydrogen) atoms. The molecule has 5 nitrogen and oxygen atoms in total. The second kappa shape index (κ2) is 9.82. The van der Waals surface area contributed by atoms with Gasteiger partial charge < -0.3 is 19.9 Å². The van der Waals surface area contributed by atoms with Gasteiger partial charge in [-0.3, -0.25) is 0 Å². The zero-order valence-electron chi connectivity index (χ0n) is 15.9. The van der Waals surface area contributed by atoms with E-state index in [1.165, 1.54) is 30.3 Å². The van der Waals surface area contributed by atoms with Crippen molar-refractivity contribution in [3.63, 3.8) is 0 Å². The minimum absolute atomic E-state index is 0.142. The molecule has 2 N–H and O–H groups in total. The van der Waals surface area contributed by atoms with Gasteiger partial charge >= 0.3 is 5.97 Å². The van der Waals surface area contributed by atoms with Crippen LogP contribution in [-0.4, -0.2) is 18.2 Å². The lowest BCUT2D eigenvalue weighted by Crippen LogP contribution is -2.05. The van der Waals surface area contributed by atoms with Gasteiger partial charge in [-0.15, -0.1) is 0 Å². The predicted octanol–water partition coefficient (Wildman–Crippen LogP) is 6.14. The standard InChI is InChI=1S/C22H18BrClFNO4/c1-29-20-9-15(11-26-19-8-14(22(27)28)4-7-18(19)24)17(23)10-21(20)30-12-13-2-5-16(25)6-3-13/h2-10,26H,11-12H2,1H3,(H,27,28). The van der Waals surface area contributed by atoms with Gasteiger partial charge in [-0.25, -0.2) is 9.18 Å². The van der Waals surface area contributed by atoms with Crippen LogP contribution >= 0.6 is 27.5 Å². The Hall–Kier alpha value is -2.77.